The van der Waals surface area contributed by atoms with Gasteiger partial charge in [-0.05, 0) is 54.8 Å². The van der Waals surface area contributed by atoms with Crippen LogP contribution < -0.4 is 15.5 Å². The Morgan fingerprint density at radius 2 is 1.91 bits per heavy atom. The fraction of sp³-hybridized carbons (Fsp3) is 0.261. The van der Waals surface area contributed by atoms with Crippen molar-refractivity contribution in [1.29, 1.82) is 0 Å². The number of benzene rings is 2. The van der Waals surface area contributed by atoms with Gasteiger partial charge in [0.15, 0.2) is 0 Å². The van der Waals surface area contributed by atoms with E-state index in [1.165, 1.54) is 29.2 Å². The molecule has 2 N–H and O–H groups in total. The minimum Gasteiger partial charge on any atom is -0.378 e. The summed E-state index contributed by atoms with van der Waals surface area (Å²) < 4.78 is 5.42. The summed E-state index contributed by atoms with van der Waals surface area (Å²) in [7, 11) is 0. The quantitative estimate of drug-likeness (QED) is 0.469. The number of rotatable bonds is 8. The van der Waals surface area contributed by atoms with Crippen LogP contribution in [-0.2, 0) is 9.53 Å². The molecule has 1 saturated heterocycles. The van der Waals surface area contributed by atoms with Gasteiger partial charge < -0.3 is 20.3 Å². The maximum absolute atomic E-state index is 11.8. The molecule has 1 aliphatic rings. The Morgan fingerprint density at radius 3 is 2.69 bits per heavy atom. The van der Waals surface area contributed by atoms with Crippen molar-refractivity contribution in [2.24, 2.45) is 0 Å². The first-order chi connectivity index (χ1) is 15.7. The van der Waals surface area contributed by atoms with Gasteiger partial charge >= 0.3 is 0 Å². The first-order valence-electron chi connectivity index (χ1n) is 10.3. The molecule has 0 saturated carbocycles. The summed E-state index contributed by atoms with van der Waals surface area (Å²) in [6, 6.07) is 17.9. The Morgan fingerprint density at radius 1 is 1.09 bits per heavy atom. The number of ether oxygens (including phenoxy) is 1. The standard InChI is InChI=1S/C23H25N5O2S2/c1-31-16-21(29)25-18-3-2-4-20(15-18)32-22-9-10-24-23(27-22)26-17-5-7-19(8-6-17)28-11-13-30-14-12-28/h2-10,15H,11-14,16H2,1H3,(H,25,29)(H,24,26,27). The van der Waals surface area contributed by atoms with Gasteiger partial charge in [0.05, 0.1) is 19.0 Å². The smallest absolute Gasteiger partial charge is 0.234 e. The van der Waals surface area contributed by atoms with E-state index in [0.717, 1.165) is 47.6 Å². The molecule has 2 aromatic carbocycles. The van der Waals surface area contributed by atoms with Crippen molar-refractivity contribution in [1.82, 2.24) is 9.97 Å². The van der Waals surface area contributed by atoms with E-state index in [2.05, 4.69) is 37.6 Å². The van der Waals surface area contributed by atoms with E-state index in [1.54, 1.807) is 6.20 Å². The number of carbonyl (C=O) groups excluding carboxylic acids is 1. The molecule has 3 aromatic rings. The van der Waals surface area contributed by atoms with Crippen molar-refractivity contribution in [3.8, 4) is 0 Å². The molecule has 0 atom stereocenters. The lowest BCUT2D eigenvalue weighted by Crippen LogP contribution is -2.36. The van der Waals surface area contributed by atoms with Crippen molar-refractivity contribution >= 4 is 52.4 Å². The zero-order valence-electron chi connectivity index (χ0n) is 17.8. The number of carbonyl (C=O) groups is 1. The Labute approximate surface area is 196 Å². The molecular weight excluding hydrogens is 442 g/mol. The minimum atomic E-state index is -0.00666. The van der Waals surface area contributed by atoms with Gasteiger partial charge in [0, 0.05) is 41.2 Å². The average Bonchev–Trinajstić information content (AvgIpc) is 2.81. The number of hydrogen-bond acceptors (Lipinski definition) is 8. The lowest BCUT2D eigenvalue weighted by molar-refractivity contribution is -0.113. The molecule has 9 heteroatoms. The van der Waals surface area contributed by atoms with Crippen LogP contribution in [0.4, 0.5) is 23.0 Å². The van der Waals surface area contributed by atoms with E-state index in [1.807, 2.05) is 48.7 Å². The summed E-state index contributed by atoms with van der Waals surface area (Å²) in [4.78, 5) is 24.1. The number of anilines is 4. The normalized spacial score (nSPS) is 13.6. The molecule has 0 bridgehead atoms. The highest BCUT2D eigenvalue weighted by Gasteiger charge is 2.11. The Bertz CT molecular complexity index is 1040. The van der Waals surface area contributed by atoms with Crippen LogP contribution in [0.25, 0.3) is 0 Å². The van der Waals surface area contributed by atoms with Gasteiger partial charge in [0.2, 0.25) is 11.9 Å². The van der Waals surface area contributed by atoms with E-state index in [0.29, 0.717) is 11.7 Å². The molecule has 4 rings (SSSR count). The fourth-order valence-corrected chi connectivity index (χ4v) is 4.42. The maximum Gasteiger partial charge on any atom is 0.234 e. The molecule has 1 fully saturated rings. The van der Waals surface area contributed by atoms with E-state index in [9.17, 15) is 4.79 Å². The highest BCUT2D eigenvalue weighted by Crippen LogP contribution is 2.29. The van der Waals surface area contributed by atoms with Crippen LogP contribution in [-0.4, -0.2) is 54.2 Å². The van der Waals surface area contributed by atoms with Crippen molar-refractivity contribution in [3.05, 3.63) is 60.8 Å². The zero-order valence-corrected chi connectivity index (χ0v) is 19.4. The molecule has 0 spiro atoms. The van der Waals surface area contributed by atoms with Gasteiger partial charge in [0.1, 0.15) is 5.03 Å². The monoisotopic (exact) mass is 467 g/mol. The molecule has 32 heavy (non-hydrogen) atoms. The zero-order chi connectivity index (χ0) is 22.2. The number of nitrogens with one attached hydrogen (secondary N) is 2. The first kappa shape index (κ1) is 22.4. The second kappa shape index (κ2) is 11.2. The molecule has 166 valence electrons. The summed E-state index contributed by atoms with van der Waals surface area (Å²) in [6.45, 7) is 3.37. The van der Waals surface area contributed by atoms with Crippen molar-refractivity contribution in [2.45, 2.75) is 9.92 Å². The molecule has 7 nitrogen and oxygen atoms in total. The van der Waals surface area contributed by atoms with Crippen LogP contribution in [0.15, 0.2) is 70.7 Å². The Kier molecular flexibility index (Phi) is 7.87. The molecule has 0 radical (unpaired) electrons. The second-order valence-electron chi connectivity index (χ2n) is 7.10. The summed E-state index contributed by atoms with van der Waals surface area (Å²) in [5.74, 6) is 0.970. The van der Waals surface area contributed by atoms with Gasteiger partial charge in [-0.2, -0.15) is 11.8 Å². The maximum atomic E-state index is 11.8. The predicted octanol–water partition coefficient (Wildman–Crippen LogP) is 4.51. The molecule has 1 aromatic heterocycles. The van der Waals surface area contributed by atoms with Crippen molar-refractivity contribution in [3.63, 3.8) is 0 Å². The molecular formula is C23H25N5O2S2. The topological polar surface area (TPSA) is 79.4 Å². The van der Waals surface area contributed by atoms with Gasteiger partial charge in [-0.15, -0.1) is 0 Å². The number of nitrogens with zero attached hydrogens (tertiary/aromatic N) is 3. The SMILES string of the molecule is CSCC(=O)Nc1cccc(Sc2ccnc(Nc3ccc(N4CCOCC4)cc3)n2)c1. The van der Waals surface area contributed by atoms with Gasteiger partial charge in [-0.1, -0.05) is 17.8 Å². The van der Waals surface area contributed by atoms with E-state index < -0.39 is 0 Å². The molecule has 1 aliphatic heterocycles. The third-order valence-electron chi connectivity index (χ3n) is 4.75. The summed E-state index contributed by atoms with van der Waals surface area (Å²) in [5, 5.41) is 7.01. The number of thioether (sulfide) groups is 1. The van der Waals surface area contributed by atoms with Crippen LogP contribution in [0.3, 0.4) is 0 Å². The second-order valence-corrected chi connectivity index (χ2v) is 9.06. The lowest BCUT2D eigenvalue weighted by atomic mass is 10.2. The minimum absolute atomic E-state index is 0.00666. The number of morpholine rings is 1. The van der Waals surface area contributed by atoms with Crippen LogP contribution in [0.5, 0.6) is 0 Å². The Hall–Kier alpha value is -2.75. The Balaban J connectivity index is 1.39. The number of hydrogen-bond donors (Lipinski definition) is 2. The highest BCUT2D eigenvalue weighted by atomic mass is 32.2. The van der Waals surface area contributed by atoms with Gasteiger partial charge in [-0.25, -0.2) is 9.97 Å². The third-order valence-corrected chi connectivity index (χ3v) is 6.22. The summed E-state index contributed by atoms with van der Waals surface area (Å²) >= 11 is 3.02. The predicted molar refractivity (Wildman–Crippen MR) is 132 cm³/mol. The summed E-state index contributed by atoms with van der Waals surface area (Å²) in [5.41, 5.74) is 2.90. The average molecular weight is 468 g/mol. The molecule has 0 aliphatic carbocycles. The van der Waals surface area contributed by atoms with Gasteiger partial charge in [0.25, 0.3) is 0 Å². The largest absolute Gasteiger partial charge is 0.378 e. The summed E-state index contributed by atoms with van der Waals surface area (Å²) in [6.07, 6.45) is 3.65. The van der Waals surface area contributed by atoms with Crippen LogP contribution >= 0.6 is 23.5 Å². The van der Waals surface area contributed by atoms with E-state index in [4.69, 9.17) is 4.74 Å². The van der Waals surface area contributed by atoms with Crippen LogP contribution in [0.1, 0.15) is 0 Å². The van der Waals surface area contributed by atoms with Crippen LogP contribution in [0.2, 0.25) is 0 Å². The first-order valence-corrected chi connectivity index (χ1v) is 12.5. The third kappa shape index (κ3) is 6.38. The molecule has 1 amide bonds. The lowest BCUT2D eigenvalue weighted by Gasteiger charge is -2.28. The fourth-order valence-electron chi connectivity index (χ4n) is 3.25. The van der Waals surface area contributed by atoms with E-state index in [-0.39, 0.29) is 5.91 Å². The van der Waals surface area contributed by atoms with Crippen molar-refractivity contribution < 1.29 is 9.53 Å². The van der Waals surface area contributed by atoms with Crippen molar-refractivity contribution in [2.75, 3.05) is 53.8 Å². The molecule has 2 heterocycles. The van der Waals surface area contributed by atoms with E-state index >= 15 is 0 Å². The highest BCUT2D eigenvalue weighted by molar-refractivity contribution is 7.99. The molecule has 0 unspecified atom stereocenters. The van der Waals surface area contributed by atoms with Gasteiger partial charge in [-0.3, -0.25) is 4.79 Å². The van der Waals surface area contributed by atoms with Crippen LogP contribution in [0, 0.1) is 0 Å². The number of amides is 1. The number of aromatic nitrogens is 2.